The van der Waals surface area contributed by atoms with Crippen molar-refractivity contribution in [3.63, 3.8) is 0 Å². The summed E-state index contributed by atoms with van der Waals surface area (Å²) in [5.74, 6) is -0.483. The second-order valence-corrected chi connectivity index (χ2v) is 4.10. The van der Waals surface area contributed by atoms with E-state index in [0.717, 1.165) is 0 Å². The van der Waals surface area contributed by atoms with Gasteiger partial charge in [0.05, 0.1) is 13.2 Å². The highest BCUT2D eigenvalue weighted by atomic mass is 16.6. The number of ether oxygens (including phenoxy) is 1. The van der Waals surface area contributed by atoms with Crippen LogP contribution in [0, 0.1) is 10.1 Å². The Balaban J connectivity index is 2.19. The minimum absolute atomic E-state index is 0.185. The highest BCUT2D eigenvalue weighted by molar-refractivity contribution is 5.99. The first kappa shape index (κ1) is 12.7. The number of Topliss-reactive ketones (excluding diaryl/α,β-unsaturated/α-hetero) is 1. The van der Waals surface area contributed by atoms with Crippen LogP contribution in [0.2, 0.25) is 0 Å². The van der Waals surface area contributed by atoms with Gasteiger partial charge in [-0.25, -0.2) is 0 Å². The van der Waals surface area contributed by atoms with E-state index in [2.05, 4.69) is 5.32 Å². The first-order valence-electron chi connectivity index (χ1n) is 5.74. The van der Waals surface area contributed by atoms with Gasteiger partial charge in [-0.15, -0.1) is 0 Å². The third-order valence-corrected chi connectivity index (χ3v) is 2.89. The summed E-state index contributed by atoms with van der Waals surface area (Å²) in [6.45, 7) is 1.22. The molecule has 6 heteroatoms. The standard InChI is InChI=1S/C12H14N2O4/c15-12(9-4-2-1-3-5-9)11(14(16)17)10-8-18-7-6-13-10/h1-5,10-11,13H,6-8H2. The maximum absolute atomic E-state index is 12.1. The summed E-state index contributed by atoms with van der Waals surface area (Å²) in [5.41, 5.74) is 0.353. The molecule has 0 amide bonds. The zero-order chi connectivity index (χ0) is 13.0. The topological polar surface area (TPSA) is 81.5 Å². The van der Waals surface area contributed by atoms with Crippen molar-refractivity contribution in [2.24, 2.45) is 0 Å². The lowest BCUT2D eigenvalue weighted by Crippen LogP contribution is -2.54. The summed E-state index contributed by atoms with van der Waals surface area (Å²) in [5, 5.41) is 14.1. The van der Waals surface area contributed by atoms with Gasteiger partial charge < -0.3 is 10.1 Å². The molecule has 1 aliphatic heterocycles. The number of morpholine rings is 1. The summed E-state index contributed by atoms with van der Waals surface area (Å²) in [7, 11) is 0. The maximum Gasteiger partial charge on any atom is 0.292 e. The van der Waals surface area contributed by atoms with Crippen LogP contribution in [0.5, 0.6) is 0 Å². The van der Waals surface area contributed by atoms with Gasteiger partial charge in [0.15, 0.2) is 0 Å². The van der Waals surface area contributed by atoms with Crippen molar-refractivity contribution in [1.82, 2.24) is 5.32 Å². The molecule has 96 valence electrons. The molecule has 6 nitrogen and oxygen atoms in total. The summed E-state index contributed by atoms with van der Waals surface area (Å²) >= 11 is 0. The Morgan fingerprint density at radius 2 is 2.17 bits per heavy atom. The normalized spacial score (nSPS) is 21.2. The fourth-order valence-corrected chi connectivity index (χ4v) is 1.99. The molecule has 0 radical (unpaired) electrons. The van der Waals surface area contributed by atoms with E-state index in [0.29, 0.717) is 18.7 Å². The molecule has 18 heavy (non-hydrogen) atoms. The van der Waals surface area contributed by atoms with Gasteiger partial charge in [-0.3, -0.25) is 14.9 Å². The van der Waals surface area contributed by atoms with Gasteiger partial charge >= 0.3 is 0 Å². The van der Waals surface area contributed by atoms with Crippen molar-refractivity contribution in [3.05, 3.63) is 46.0 Å². The van der Waals surface area contributed by atoms with Gasteiger partial charge in [-0.1, -0.05) is 30.3 Å². The van der Waals surface area contributed by atoms with Crippen molar-refractivity contribution in [2.45, 2.75) is 12.1 Å². The summed E-state index contributed by atoms with van der Waals surface area (Å²) in [6.07, 6.45) is 0. The highest BCUT2D eigenvalue weighted by Gasteiger charge is 2.40. The van der Waals surface area contributed by atoms with E-state index in [1.165, 1.54) is 0 Å². The SMILES string of the molecule is O=C(c1ccccc1)C(C1COCCN1)[N+](=O)[O-]. The molecule has 1 aromatic carbocycles. The van der Waals surface area contributed by atoms with Crippen molar-refractivity contribution in [1.29, 1.82) is 0 Å². The Morgan fingerprint density at radius 3 is 2.72 bits per heavy atom. The van der Waals surface area contributed by atoms with Gasteiger partial charge in [0.2, 0.25) is 5.78 Å². The van der Waals surface area contributed by atoms with E-state index in [4.69, 9.17) is 4.74 Å². The van der Waals surface area contributed by atoms with Gasteiger partial charge in [0.25, 0.3) is 6.04 Å². The Labute approximate surface area is 104 Å². The van der Waals surface area contributed by atoms with E-state index in [1.807, 2.05) is 0 Å². The Morgan fingerprint density at radius 1 is 1.44 bits per heavy atom. The zero-order valence-electron chi connectivity index (χ0n) is 9.74. The number of nitrogens with zero attached hydrogens (tertiary/aromatic N) is 1. The van der Waals surface area contributed by atoms with Crippen LogP contribution in [0.25, 0.3) is 0 Å². The average Bonchev–Trinajstić information content (AvgIpc) is 2.40. The number of ketones is 1. The van der Waals surface area contributed by atoms with Gasteiger partial charge in [0.1, 0.15) is 6.04 Å². The first-order valence-corrected chi connectivity index (χ1v) is 5.74. The molecule has 1 N–H and O–H groups in total. The van der Waals surface area contributed by atoms with Crippen LogP contribution in [-0.4, -0.2) is 42.5 Å². The smallest absolute Gasteiger partial charge is 0.292 e. The third kappa shape index (κ3) is 2.72. The van der Waals surface area contributed by atoms with Crippen LogP contribution in [0.1, 0.15) is 10.4 Å². The molecule has 2 unspecified atom stereocenters. The van der Waals surface area contributed by atoms with E-state index >= 15 is 0 Å². The minimum atomic E-state index is -1.30. The monoisotopic (exact) mass is 250 g/mol. The zero-order valence-corrected chi connectivity index (χ0v) is 9.74. The molecule has 0 saturated carbocycles. The van der Waals surface area contributed by atoms with Crippen LogP contribution < -0.4 is 5.32 Å². The second kappa shape index (κ2) is 5.70. The van der Waals surface area contributed by atoms with Gasteiger partial charge in [0, 0.05) is 17.0 Å². The summed E-state index contributed by atoms with van der Waals surface area (Å²) < 4.78 is 5.18. The lowest BCUT2D eigenvalue weighted by Gasteiger charge is -2.25. The number of benzene rings is 1. The van der Waals surface area contributed by atoms with Gasteiger partial charge in [-0.2, -0.15) is 0 Å². The Kier molecular flexibility index (Phi) is 4.01. The molecule has 1 fully saturated rings. The quantitative estimate of drug-likeness (QED) is 0.478. The molecule has 0 aliphatic carbocycles. The molecular weight excluding hydrogens is 236 g/mol. The fourth-order valence-electron chi connectivity index (χ4n) is 1.99. The van der Waals surface area contributed by atoms with Crippen LogP contribution >= 0.6 is 0 Å². The van der Waals surface area contributed by atoms with Crippen molar-refractivity contribution in [2.75, 3.05) is 19.8 Å². The molecule has 0 bridgehead atoms. The molecule has 1 aliphatic rings. The molecule has 0 spiro atoms. The minimum Gasteiger partial charge on any atom is -0.378 e. The number of carbonyl (C=O) groups is 1. The number of carbonyl (C=O) groups excluding carboxylic acids is 1. The van der Waals surface area contributed by atoms with E-state index in [9.17, 15) is 14.9 Å². The predicted molar refractivity (Wildman–Crippen MR) is 64.2 cm³/mol. The van der Waals surface area contributed by atoms with Crippen molar-refractivity contribution in [3.8, 4) is 0 Å². The largest absolute Gasteiger partial charge is 0.378 e. The van der Waals surface area contributed by atoms with Gasteiger partial charge in [-0.05, 0) is 0 Å². The third-order valence-electron chi connectivity index (χ3n) is 2.89. The van der Waals surface area contributed by atoms with Crippen molar-refractivity contribution < 1.29 is 14.5 Å². The highest BCUT2D eigenvalue weighted by Crippen LogP contribution is 2.11. The second-order valence-electron chi connectivity index (χ2n) is 4.10. The summed E-state index contributed by atoms with van der Waals surface area (Å²) in [6, 6.07) is 6.45. The molecular formula is C12H14N2O4. The van der Waals surface area contributed by atoms with Crippen LogP contribution in [0.15, 0.2) is 30.3 Å². The van der Waals surface area contributed by atoms with Crippen LogP contribution in [-0.2, 0) is 4.74 Å². The number of hydrogen-bond donors (Lipinski definition) is 1. The first-order chi connectivity index (χ1) is 8.70. The maximum atomic E-state index is 12.1. The molecule has 1 saturated heterocycles. The van der Waals surface area contributed by atoms with Crippen LogP contribution in [0.4, 0.5) is 0 Å². The number of nitro groups is 1. The molecule has 2 rings (SSSR count). The van der Waals surface area contributed by atoms with E-state index < -0.39 is 22.8 Å². The van der Waals surface area contributed by atoms with Crippen LogP contribution in [0.3, 0.4) is 0 Å². The number of hydrogen-bond acceptors (Lipinski definition) is 5. The average molecular weight is 250 g/mol. The Bertz CT molecular complexity index is 429. The molecule has 2 atom stereocenters. The lowest BCUT2D eigenvalue weighted by molar-refractivity contribution is -0.510. The lowest BCUT2D eigenvalue weighted by atomic mass is 9.98. The summed E-state index contributed by atoms with van der Waals surface area (Å²) in [4.78, 5) is 22.7. The fraction of sp³-hybridized carbons (Fsp3) is 0.417. The predicted octanol–water partition coefficient (Wildman–Crippen LogP) is 0.503. The Hall–Kier alpha value is -1.79. The number of rotatable bonds is 4. The van der Waals surface area contributed by atoms with Crippen molar-refractivity contribution >= 4 is 5.78 Å². The molecule has 0 aromatic heterocycles. The number of nitrogens with one attached hydrogen (secondary N) is 1. The van der Waals surface area contributed by atoms with E-state index in [-0.39, 0.29) is 6.61 Å². The molecule has 1 aromatic rings. The van der Waals surface area contributed by atoms with E-state index in [1.54, 1.807) is 30.3 Å². The molecule has 1 heterocycles.